The summed E-state index contributed by atoms with van der Waals surface area (Å²) in [4.78, 5) is 38.0. The summed E-state index contributed by atoms with van der Waals surface area (Å²) in [6.45, 7) is 6.27. The van der Waals surface area contributed by atoms with E-state index in [1.54, 1.807) is 60.9 Å². The minimum atomic E-state index is -0.634. The highest BCUT2D eigenvalue weighted by atomic mass is 35.5. The van der Waals surface area contributed by atoms with Crippen LogP contribution < -0.4 is 16.0 Å². The fourth-order valence-corrected chi connectivity index (χ4v) is 4.46. The predicted octanol–water partition coefficient (Wildman–Crippen LogP) is 6.88. The third-order valence-electron chi connectivity index (χ3n) is 6.15. The first kappa shape index (κ1) is 28.1. The molecular formula is C29H27Cl2FN4O3. The molecular weight excluding hydrogens is 542 g/mol. The first-order valence-electron chi connectivity index (χ1n) is 12.3. The minimum Gasteiger partial charge on any atom is -0.352 e. The van der Waals surface area contributed by atoms with Crippen LogP contribution in [-0.2, 0) is 17.9 Å². The third kappa shape index (κ3) is 6.41. The smallest absolute Gasteiger partial charge is 0.272 e. The summed E-state index contributed by atoms with van der Waals surface area (Å²) in [7, 11) is 0. The molecule has 39 heavy (non-hydrogen) atoms. The number of benzene rings is 3. The lowest BCUT2D eigenvalue weighted by Gasteiger charge is -2.11. The minimum absolute atomic E-state index is 0.0214. The molecule has 0 saturated heterocycles. The Morgan fingerprint density at radius 3 is 2.38 bits per heavy atom. The van der Waals surface area contributed by atoms with Crippen LogP contribution in [0, 0.1) is 11.7 Å². The number of carbonyl (C=O) groups excluding carboxylic acids is 3. The second-order valence-electron chi connectivity index (χ2n) is 9.27. The first-order valence-corrected chi connectivity index (χ1v) is 13.1. The third-order valence-corrected chi connectivity index (χ3v) is 6.72. The zero-order valence-electron chi connectivity index (χ0n) is 21.6. The number of aryl methyl sites for hydroxylation is 1. The SMILES string of the molecule is CCn1c(C(=O)Nc2ccc(Cl)cc2F)cc2cc(NC(=O)c3cc(CNC(=O)C(C)C)ccc3Cl)ccc21. The molecule has 3 aromatic carbocycles. The zero-order chi connectivity index (χ0) is 28.3. The Labute approximate surface area is 235 Å². The molecule has 4 aromatic rings. The number of fused-ring (bicyclic) bond motifs is 1. The van der Waals surface area contributed by atoms with Gasteiger partial charge in [-0.1, -0.05) is 43.1 Å². The second-order valence-corrected chi connectivity index (χ2v) is 10.1. The molecule has 0 saturated carbocycles. The van der Waals surface area contributed by atoms with Crippen LogP contribution in [0.3, 0.4) is 0 Å². The van der Waals surface area contributed by atoms with Gasteiger partial charge in [-0.25, -0.2) is 4.39 Å². The summed E-state index contributed by atoms with van der Waals surface area (Å²) in [5, 5.41) is 9.48. The maximum Gasteiger partial charge on any atom is 0.272 e. The molecule has 3 N–H and O–H groups in total. The Morgan fingerprint density at radius 1 is 0.923 bits per heavy atom. The van der Waals surface area contributed by atoms with Crippen molar-refractivity contribution < 1.29 is 18.8 Å². The number of hydrogen-bond acceptors (Lipinski definition) is 3. The van der Waals surface area contributed by atoms with Gasteiger partial charge in [0.2, 0.25) is 5.91 Å². The molecule has 0 radical (unpaired) electrons. The number of rotatable bonds is 8. The monoisotopic (exact) mass is 568 g/mol. The Kier molecular flexibility index (Phi) is 8.57. The van der Waals surface area contributed by atoms with Gasteiger partial charge in [0.1, 0.15) is 11.5 Å². The van der Waals surface area contributed by atoms with Gasteiger partial charge in [-0.3, -0.25) is 14.4 Å². The molecule has 3 amide bonds. The molecule has 10 heteroatoms. The molecule has 0 aliphatic heterocycles. The van der Waals surface area contributed by atoms with E-state index in [9.17, 15) is 18.8 Å². The summed E-state index contributed by atoms with van der Waals surface area (Å²) in [6.07, 6.45) is 0. The van der Waals surface area contributed by atoms with Gasteiger partial charge in [-0.05, 0) is 67.1 Å². The summed E-state index contributed by atoms with van der Waals surface area (Å²) in [5.41, 5.74) is 2.65. The van der Waals surface area contributed by atoms with Crippen molar-refractivity contribution in [2.75, 3.05) is 10.6 Å². The van der Waals surface area contributed by atoms with Crippen molar-refractivity contribution in [3.63, 3.8) is 0 Å². The Morgan fingerprint density at radius 2 is 1.69 bits per heavy atom. The lowest BCUT2D eigenvalue weighted by atomic mass is 10.1. The Bertz CT molecular complexity index is 1580. The van der Waals surface area contributed by atoms with E-state index in [1.807, 2.05) is 6.92 Å². The van der Waals surface area contributed by atoms with Crippen LogP contribution in [0.2, 0.25) is 10.0 Å². The number of aromatic nitrogens is 1. The summed E-state index contributed by atoms with van der Waals surface area (Å²) in [5.74, 6) is -1.77. The molecule has 0 atom stereocenters. The van der Waals surface area contributed by atoms with Gasteiger partial charge in [0.15, 0.2) is 0 Å². The highest BCUT2D eigenvalue weighted by molar-refractivity contribution is 6.34. The zero-order valence-corrected chi connectivity index (χ0v) is 23.1. The Hall–Kier alpha value is -3.88. The van der Waals surface area contributed by atoms with Gasteiger partial charge in [0.05, 0.1) is 16.3 Å². The molecule has 1 aromatic heterocycles. The average Bonchev–Trinajstić information content (AvgIpc) is 3.27. The molecule has 0 fully saturated rings. The van der Waals surface area contributed by atoms with Gasteiger partial charge in [0.25, 0.3) is 11.8 Å². The van der Waals surface area contributed by atoms with E-state index in [-0.39, 0.29) is 39.7 Å². The Balaban J connectivity index is 1.55. The number of amides is 3. The second kappa shape index (κ2) is 11.9. The van der Waals surface area contributed by atoms with E-state index >= 15 is 0 Å². The van der Waals surface area contributed by atoms with Crippen LogP contribution in [0.25, 0.3) is 10.9 Å². The highest BCUT2D eigenvalue weighted by Gasteiger charge is 2.18. The number of nitrogens with one attached hydrogen (secondary N) is 3. The lowest BCUT2D eigenvalue weighted by Crippen LogP contribution is -2.27. The summed E-state index contributed by atoms with van der Waals surface area (Å²) >= 11 is 12.1. The standard InChI is InChI=1S/C29H27Cl2FN4O3/c1-4-36-25-10-7-20(12-18(25)13-26(36)29(39)35-24-9-6-19(30)14-23(24)32)34-28(38)21-11-17(5-8-22(21)31)15-33-27(37)16(2)3/h5-14,16H,4,15H2,1-3H3,(H,33,37)(H,34,38)(H,35,39). The number of hydrogen-bond donors (Lipinski definition) is 3. The van der Waals surface area contributed by atoms with Crippen molar-refractivity contribution in [2.24, 2.45) is 5.92 Å². The van der Waals surface area contributed by atoms with Crippen LogP contribution in [0.5, 0.6) is 0 Å². The van der Waals surface area contributed by atoms with Crippen LogP contribution in [0.4, 0.5) is 15.8 Å². The van der Waals surface area contributed by atoms with E-state index in [4.69, 9.17) is 23.2 Å². The molecule has 0 bridgehead atoms. The average molecular weight is 569 g/mol. The molecule has 4 rings (SSSR count). The molecule has 1 heterocycles. The van der Waals surface area contributed by atoms with E-state index < -0.39 is 17.6 Å². The predicted molar refractivity (Wildman–Crippen MR) is 153 cm³/mol. The summed E-state index contributed by atoms with van der Waals surface area (Å²) in [6, 6.07) is 16.0. The van der Waals surface area contributed by atoms with E-state index in [1.165, 1.54) is 12.1 Å². The maximum absolute atomic E-state index is 14.2. The quantitative estimate of drug-likeness (QED) is 0.216. The normalized spacial score (nSPS) is 11.1. The van der Waals surface area contributed by atoms with Gasteiger partial charge in [-0.2, -0.15) is 0 Å². The van der Waals surface area contributed by atoms with E-state index in [0.717, 1.165) is 17.1 Å². The van der Waals surface area contributed by atoms with E-state index in [0.29, 0.717) is 23.3 Å². The summed E-state index contributed by atoms with van der Waals surface area (Å²) < 4.78 is 16.0. The van der Waals surface area contributed by atoms with Crippen molar-refractivity contribution in [3.8, 4) is 0 Å². The molecule has 7 nitrogen and oxygen atoms in total. The largest absolute Gasteiger partial charge is 0.352 e. The van der Waals surface area contributed by atoms with Gasteiger partial charge >= 0.3 is 0 Å². The van der Waals surface area contributed by atoms with Crippen LogP contribution in [-0.4, -0.2) is 22.3 Å². The van der Waals surface area contributed by atoms with Crippen LogP contribution in [0.1, 0.15) is 47.2 Å². The van der Waals surface area contributed by atoms with Crippen LogP contribution in [0.15, 0.2) is 60.7 Å². The fourth-order valence-electron chi connectivity index (χ4n) is 4.10. The van der Waals surface area contributed by atoms with Crippen molar-refractivity contribution in [1.82, 2.24) is 9.88 Å². The molecule has 202 valence electrons. The van der Waals surface area contributed by atoms with Gasteiger partial charge in [-0.15, -0.1) is 0 Å². The topological polar surface area (TPSA) is 92.2 Å². The highest BCUT2D eigenvalue weighted by Crippen LogP contribution is 2.27. The maximum atomic E-state index is 14.2. The number of halogens is 3. The van der Waals surface area contributed by atoms with Crippen molar-refractivity contribution in [3.05, 3.63) is 93.3 Å². The molecule has 0 unspecified atom stereocenters. The van der Waals surface area contributed by atoms with Crippen molar-refractivity contribution >= 4 is 63.2 Å². The fraction of sp³-hybridized carbons (Fsp3) is 0.207. The molecule has 0 spiro atoms. The van der Waals surface area contributed by atoms with E-state index in [2.05, 4.69) is 16.0 Å². The van der Waals surface area contributed by atoms with Gasteiger partial charge < -0.3 is 20.5 Å². The lowest BCUT2D eigenvalue weighted by molar-refractivity contribution is -0.124. The number of carbonyl (C=O) groups is 3. The van der Waals surface area contributed by atoms with Crippen molar-refractivity contribution in [1.29, 1.82) is 0 Å². The number of anilines is 2. The molecule has 0 aliphatic rings. The van der Waals surface area contributed by atoms with Crippen molar-refractivity contribution in [2.45, 2.75) is 33.9 Å². The van der Waals surface area contributed by atoms with Crippen LogP contribution >= 0.6 is 23.2 Å². The van der Waals surface area contributed by atoms with Gasteiger partial charge in [0, 0.05) is 40.6 Å². The number of nitrogens with zero attached hydrogens (tertiary/aromatic N) is 1. The first-order chi connectivity index (χ1) is 18.6. The molecule has 0 aliphatic carbocycles.